The molecule has 0 radical (unpaired) electrons. The van der Waals surface area contributed by atoms with E-state index in [1.165, 1.54) is 0 Å². The molecule has 0 unspecified atom stereocenters. The zero-order valence-electron chi connectivity index (χ0n) is 14.1. The minimum atomic E-state index is -0.281. The summed E-state index contributed by atoms with van der Waals surface area (Å²) in [4.78, 5) is 12.2. The van der Waals surface area contributed by atoms with Crippen LogP contribution in [0.25, 0.3) is 16.5 Å². The summed E-state index contributed by atoms with van der Waals surface area (Å²) in [6.07, 6.45) is 1.82. The van der Waals surface area contributed by atoms with E-state index in [2.05, 4.69) is 33.9 Å². The Labute approximate surface area is 151 Å². The molecule has 0 saturated heterocycles. The Balaban J connectivity index is 1.41. The fourth-order valence-corrected chi connectivity index (χ4v) is 2.90. The maximum Gasteiger partial charge on any atom is 0.320 e. The van der Waals surface area contributed by atoms with Crippen LogP contribution < -0.4 is 10.6 Å². The van der Waals surface area contributed by atoms with Gasteiger partial charge in [0, 0.05) is 18.8 Å². The highest BCUT2D eigenvalue weighted by atomic mass is 16.2. The Hall–Kier alpha value is -3.60. The molecule has 0 bridgehead atoms. The van der Waals surface area contributed by atoms with Gasteiger partial charge in [0.25, 0.3) is 0 Å². The molecule has 0 saturated carbocycles. The molecule has 3 aromatic carbocycles. The number of fused-ring (bicyclic) bond motifs is 1. The number of amides is 2. The summed E-state index contributed by atoms with van der Waals surface area (Å²) in [6, 6.07) is 25.5. The molecule has 0 aliphatic rings. The number of carbonyl (C=O) groups excluding carboxylic acids is 1. The van der Waals surface area contributed by atoms with Gasteiger partial charge in [-0.25, -0.2) is 9.48 Å². The van der Waals surface area contributed by atoms with Gasteiger partial charge < -0.3 is 5.32 Å². The molecule has 1 aromatic heterocycles. The molecule has 0 atom stereocenters. The lowest BCUT2D eigenvalue weighted by molar-refractivity contribution is 0.251. The molecule has 0 fully saturated rings. The number of rotatable bonds is 4. The predicted octanol–water partition coefficient (Wildman–Crippen LogP) is 4.35. The highest BCUT2D eigenvalue weighted by Gasteiger charge is 2.07. The van der Waals surface area contributed by atoms with Crippen molar-refractivity contribution in [1.82, 2.24) is 15.1 Å². The van der Waals surface area contributed by atoms with E-state index in [4.69, 9.17) is 0 Å². The van der Waals surface area contributed by atoms with Gasteiger partial charge >= 0.3 is 6.03 Å². The Bertz CT molecular complexity index is 1030. The maximum atomic E-state index is 12.2. The fraction of sp³-hybridized carbons (Fsp3) is 0.0476. The van der Waals surface area contributed by atoms with E-state index >= 15 is 0 Å². The van der Waals surface area contributed by atoms with Crippen molar-refractivity contribution in [2.75, 3.05) is 5.32 Å². The molecule has 2 amide bonds. The second-order valence-electron chi connectivity index (χ2n) is 5.93. The first kappa shape index (κ1) is 15.9. The number of hydrogen-bond acceptors (Lipinski definition) is 2. The number of nitrogens with zero attached hydrogens (tertiary/aromatic N) is 2. The van der Waals surface area contributed by atoms with Crippen LogP contribution in [0.15, 0.2) is 85.1 Å². The minimum absolute atomic E-state index is 0.281. The van der Waals surface area contributed by atoms with Gasteiger partial charge in [-0.15, -0.1) is 5.10 Å². The molecule has 0 aliphatic carbocycles. The minimum Gasteiger partial charge on any atom is -0.334 e. The summed E-state index contributed by atoms with van der Waals surface area (Å²) in [5.74, 6) is 0.504. The van der Waals surface area contributed by atoms with Crippen LogP contribution in [0.1, 0.15) is 5.56 Å². The van der Waals surface area contributed by atoms with Gasteiger partial charge in [0.05, 0.1) is 5.69 Å². The van der Waals surface area contributed by atoms with Crippen LogP contribution in [0.3, 0.4) is 0 Å². The smallest absolute Gasteiger partial charge is 0.320 e. The third-order valence-electron chi connectivity index (χ3n) is 4.17. The average Bonchev–Trinajstić information content (AvgIpc) is 3.15. The molecule has 128 valence electrons. The average molecular weight is 342 g/mol. The van der Waals surface area contributed by atoms with Crippen LogP contribution >= 0.6 is 0 Å². The summed E-state index contributed by atoms with van der Waals surface area (Å²) in [5.41, 5.74) is 2.02. The van der Waals surface area contributed by atoms with Crippen LogP contribution in [-0.2, 0) is 6.54 Å². The monoisotopic (exact) mass is 342 g/mol. The summed E-state index contributed by atoms with van der Waals surface area (Å²) in [6.45, 7) is 0.451. The number of urea groups is 1. The van der Waals surface area contributed by atoms with Gasteiger partial charge in [0.2, 0.25) is 0 Å². The number of nitrogens with one attached hydrogen (secondary N) is 2. The first-order valence-electron chi connectivity index (χ1n) is 8.42. The summed E-state index contributed by atoms with van der Waals surface area (Å²) < 4.78 is 1.72. The van der Waals surface area contributed by atoms with Gasteiger partial charge in [-0.1, -0.05) is 60.7 Å². The second kappa shape index (κ2) is 7.11. The lowest BCUT2D eigenvalue weighted by Gasteiger charge is -2.08. The van der Waals surface area contributed by atoms with Crippen molar-refractivity contribution in [2.24, 2.45) is 0 Å². The van der Waals surface area contributed by atoms with Crippen LogP contribution in [0.4, 0.5) is 10.6 Å². The SMILES string of the molecule is O=C(NCc1cccc2ccccc12)Nc1ccn(-c2ccccc2)n1. The number of anilines is 1. The van der Waals surface area contributed by atoms with E-state index in [0.29, 0.717) is 12.4 Å². The summed E-state index contributed by atoms with van der Waals surface area (Å²) in [5, 5.41) is 12.3. The Morgan fingerprint density at radius 3 is 2.54 bits per heavy atom. The molecule has 1 heterocycles. The predicted molar refractivity (Wildman–Crippen MR) is 103 cm³/mol. The third kappa shape index (κ3) is 3.42. The maximum absolute atomic E-state index is 12.2. The van der Waals surface area contributed by atoms with E-state index in [1.54, 1.807) is 10.7 Å². The van der Waals surface area contributed by atoms with Crippen molar-refractivity contribution in [3.05, 3.63) is 90.6 Å². The molecular weight excluding hydrogens is 324 g/mol. The molecular formula is C21H18N4O. The van der Waals surface area contributed by atoms with E-state index < -0.39 is 0 Å². The van der Waals surface area contributed by atoms with Crippen molar-refractivity contribution in [3.63, 3.8) is 0 Å². The molecule has 4 rings (SSSR count). The molecule has 5 nitrogen and oxygen atoms in total. The standard InChI is InChI=1S/C21H18N4O/c26-21(22-15-17-9-6-8-16-7-4-5-12-19(16)17)23-20-13-14-25(24-20)18-10-2-1-3-11-18/h1-14H,15H2,(H2,22,23,24,26). The van der Waals surface area contributed by atoms with Gasteiger partial charge in [-0.3, -0.25) is 5.32 Å². The van der Waals surface area contributed by atoms with E-state index in [9.17, 15) is 4.79 Å². The van der Waals surface area contributed by atoms with Crippen LogP contribution in [0, 0.1) is 0 Å². The number of hydrogen-bond donors (Lipinski definition) is 2. The number of aromatic nitrogens is 2. The molecule has 0 spiro atoms. The molecule has 0 aliphatic heterocycles. The van der Waals surface area contributed by atoms with Gasteiger partial charge in [-0.2, -0.15) is 0 Å². The van der Waals surface area contributed by atoms with Crippen LogP contribution in [-0.4, -0.2) is 15.8 Å². The van der Waals surface area contributed by atoms with E-state index in [1.807, 2.05) is 60.8 Å². The first-order valence-corrected chi connectivity index (χ1v) is 8.42. The zero-order valence-corrected chi connectivity index (χ0v) is 14.1. The van der Waals surface area contributed by atoms with E-state index in [-0.39, 0.29) is 6.03 Å². The van der Waals surface area contributed by atoms with E-state index in [0.717, 1.165) is 22.0 Å². The largest absolute Gasteiger partial charge is 0.334 e. The molecule has 5 heteroatoms. The number of carbonyl (C=O) groups is 1. The third-order valence-corrected chi connectivity index (χ3v) is 4.17. The van der Waals surface area contributed by atoms with Crippen molar-refractivity contribution in [3.8, 4) is 5.69 Å². The highest BCUT2D eigenvalue weighted by molar-refractivity contribution is 5.89. The second-order valence-corrected chi connectivity index (χ2v) is 5.93. The van der Waals surface area contributed by atoms with Gasteiger partial charge in [0.15, 0.2) is 5.82 Å². The van der Waals surface area contributed by atoms with Gasteiger partial charge in [-0.05, 0) is 28.5 Å². The zero-order chi connectivity index (χ0) is 17.8. The normalized spacial score (nSPS) is 10.6. The first-order chi connectivity index (χ1) is 12.8. The Morgan fingerprint density at radius 2 is 1.65 bits per heavy atom. The van der Waals surface area contributed by atoms with Crippen molar-refractivity contribution in [2.45, 2.75) is 6.54 Å². The van der Waals surface area contributed by atoms with Crippen molar-refractivity contribution in [1.29, 1.82) is 0 Å². The topological polar surface area (TPSA) is 59.0 Å². The quantitative estimate of drug-likeness (QED) is 0.579. The van der Waals surface area contributed by atoms with Gasteiger partial charge in [0.1, 0.15) is 0 Å². The fourth-order valence-electron chi connectivity index (χ4n) is 2.90. The molecule has 26 heavy (non-hydrogen) atoms. The number of para-hydroxylation sites is 1. The highest BCUT2D eigenvalue weighted by Crippen LogP contribution is 2.18. The molecule has 4 aromatic rings. The number of benzene rings is 3. The Morgan fingerprint density at radius 1 is 0.885 bits per heavy atom. The summed E-state index contributed by atoms with van der Waals surface area (Å²) >= 11 is 0. The van der Waals surface area contributed by atoms with Crippen LogP contribution in [0.5, 0.6) is 0 Å². The van der Waals surface area contributed by atoms with Crippen molar-refractivity contribution >= 4 is 22.6 Å². The lowest BCUT2D eigenvalue weighted by atomic mass is 10.0. The lowest BCUT2D eigenvalue weighted by Crippen LogP contribution is -2.28. The van der Waals surface area contributed by atoms with Crippen LogP contribution in [0.2, 0.25) is 0 Å². The Kier molecular flexibility index (Phi) is 4.35. The summed E-state index contributed by atoms with van der Waals surface area (Å²) in [7, 11) is 0. The van der Waals surface area contributed by atoms with Crippen molar-refractivity contribution < 1.29 is 4.79 Å². The molecule has 2 N–H and O–H groups in total.